The fourth-order valence-corrected chi connectivity index (χ4v) is 1.50. The maximum absolute atomic E-state index is 11.5. The molecule has 0 bridgehead atoms. The van der Waals surface area contributed by atoms with Gasteiger partial charge in [-0.1, -0.05) is 0 Å². The van der Waals surface area contributed by atoms with Crippen LogP contribution in [0.1, 0.15) is 5.56 Å². The van der Waals surface area contributed by atoms with E-state index in [9.17, 15) is 4.79 Å². The number of likely N-dealkylation sites (N-methyl/N-ethyl adjacent to an activating group) is 1. The third kappa shape index (κ3) is 3.29. The fraction of sp³-hybridized carbons (Fsp3) is 0.462. The van der Waals surface area contributed by atoms with Gasteiger partial charge in [0.25, 0.3) is 0 Å². The number of nitrogens with one attached hydrogen (secondary N) is 1. The molecule has 0 aliphatic heterocycles. The van der Waals surface area contributed by atoms with Crippen LogP contribution in [0.15, 0.2) is 12.1 Å². The van der Waals surface area contributed by atoms with Gasteiger partial charge in [-0.2, -0.15) is 0 Å². The lowest BCUT2D eigenvalue weighted by atomic mass is 10.1. The smallest absolute Gasteiger partial charge is 0.241 e. The zero-order valence-corrected chi connectivity index (χ0v) is 11.5. The normalized spacial score (nSPS) is 9.83. The molecule has 0 radical (unpaired) electrons. The van der Waals surface area contributed by atoms with Gasteiger partial charge in [0.2, 0.25) is 5.91 Å². The number of rotatable bonds is 5. The molecular weight excluding hydrogens is 232 g/mol. The van der Waals surface area contributed by atoms with Crippen LogP contribution in [0.3, 0.4) is 0 Å². The highest BCUT2D eigenvalue weighted by atomic mass is 16.5. The van der Waals surface area contributed by atoms with Gasteiger partial charge < -0.3 is 19.7 Å². The van der Waals surface area contributed by atoms with Gasteiger partial charge in [0.05, 0.1) is 20.8 Å². The molecule has 18 heavy (non-hydrogen) atoms. The molecule has 1 N–H and O–H groups in total. The topological polar surface area (TPSA) is 50.8 Å². The van der Waals surface area contributed by atoms with Gasteiger partial charge in [0.1, 0.15) is 0 Å². The van der Waals surface area contributed by atoms with Gasteiger partial charge in [-0.25, -0.2) is 0 Å². The van der Waals surface area contributed by atoms with Crippen LogP contribution in [0.5, 0.6) is 11.5 Å². The van der Waals surface area contributed by atoms with Gasteiger partial charge in [-0.05, 0) is 18.6 Å². The monoisotopic (exact) mass is 252 g/mol. The van der Waals surface area contributed by atoms with E-state index in [1.165, 1.54) is 0 Å². The van der Waals surface area contributed by atoms with E-state index in [4.69, 9.17) is 9.47 Å². The summed E-state index contributed by atoms with van der Waals surface area (Å²) < 4.78 is 10.4. The van der Waals surface area contributed by atoms with Crippen molar-refractivity contribution in [2.75, 3.05) is 40.2 Å². The number of amides is 1. The summed E-state index contributed by atoms with van der Waals surface area (Å²) in [6.07, 6.45) is 0. The Balaban J connectivity index is 2.86. The Morgan fingerprint density at radius 1 is 1.22 bits per heavy atom. The minimum absolute atomic E-state index is 0.0178. The lowest BCUT2D eigenvalue weighted by Gasteiger charge is -2.15. The molecule has 0 heterocycles. The van der Waals surface area contributed by atoms with E-state index in [2.05, 4.69) is 5.32 Å². The Kier molecular flexibility index (Phi) is 4.83. The highest BCUT2D eigenvalue weighted by Crippen LogP contribution is 2.32. The molecule has 0 aliphatic rings. The Labute approximate surface area is 108 Å². The molecule has 0 fully saturated rings. The third-order valence-corrected chi connectivity index (χ3v) is 2.66. The van der Waals surface area contributed by atoms with E-state index < -0.39 is 0 Å². The van der Waals surface area contributed by atoms with Crippen LogP contribution in [0, 0.1) is 6.92 Å². The first kappa shape index (κ1) is 14.2. The van der Waals surface area contributed by atoms with Crippen molar-refractivity contribution in [1.82, 2.24) is 4.90 Å². The van der Waals surface area contributed by atoms with Crippen LogP contribution in [0.2, 0.25) is 0 Å². The number of carbonyl (C=O) groups excluding carboxylic acids is 1. The number of nitrogens with zero attached hydrogens (tertiary/aromatic N) is 1. The minimum atomic E-state index is 0.0178. The second kappa shape index (κ2) is 6.14. The van der Waals surface area contributed by atoms with E-state index in [0.29, 0.717) is 11.5 Å². The van der Waals surface area contributed by atoms with Crippen LogP contribution in [0.25, 0.3) is 0 Å². The maximum Gasteiger partial charge on any atom is 0.241 e. The number of benzene rings is 1. The standard InChI is InChI=1S/C13H20N2O3/c1-9-6-11(17-4)12(18-5)7-10(9)14-8-13(16)15(2)3/h6-7,14H,8H2,1-5H3. The number of carbonyl (C=O) groups is 1. The van der Waals surface area contributed by atoms with Crippen molar-refractivity contribution >= 4 is 11.6 Å². The summed E-state index contributed by atoms with van der Waals surface area (Å²) >= 11 is 0. The van der Waals surface area contributed by atoms with Crippen molar-refractivity contribution in [2.24, 2.45) is 0 Å². The number of anilines is 1. The summed E-state index contributed by atoms with van der Waals surface area (Å²) in [7, 11) is 6.64. The highest BCUT2D eigenvalue weighted by Gasteiger charge is 2.10. The van der Waals surface area contributed by atoms with Crippen molar-refractivity contribution in [1.29, 1.82) is 0 Å². The molecule has 1 aromatic rings. The number of hydrogen-bond donors (Lipinski definition) is 1. The molecule has 0 spiro atoms. The van der Waals surface area contributed by atoms with E-state index in [-0.39, 0.29) is 12.5 Å². The summed E-state index contributed by atoms with van der Waals surface area (Å²) in [6.45, 7) is 2.20. The average Bonchev–Trinajstić information content (AvgIpc) is 2.36. The summed E-state index contributed by atoms with van der Waals surface area (Å²) in [4.78, 5) is 13.1. The second-order valence-electron chi connectivity index (χ2n) is 4.16. The first-order chi connectivity index (χ1) is 8.49. The van der Waals surface area contributed by atoms with Crippen molar-refractivity contribution in [3.63, 3.8) is 0 Å². The third-order valence-electron chi connectivity index (χ3n) is 2.66. The van der Waals surface area contributed by atoms with Crippen molar-refractivity contribution in [3.8, 4) is 11.5 Å². The zero-order valence-electron chi connectivity index (χ0n) is 11.5. The van der Waals surface area contributed by atoms with Crippen LogP contribution in [-0.2, 0) is 4.79 Å². The predicted molar refractivity (Wildman–Crippen MR) is 71.5 cm³/mol. The fourth-order valence-electron chi connectivity index (χ4n) is 1.50. The molecule has 5 heteroatoms. The predicted octanol–water partition coefficient (Wildman–Crippen LogP) is 1.51. The van der Waals surface area contributed by atoms with E-state index in [1.54, 1.807) is 33.2 Å². The van der Waals surface area contributed by atoms with E-state index in [0.717, 1.165) is 11.3 Å². The number of aryl methyl sites for hydroxylation is 1. The molecule has 1 rings (SSSR count). The molecule has 1 aromatic carbocycles. The molecular formula is C13H20N2O3. The molecule has 0 unspecified atom stereocenters. The number of ether oxygens (including phenoxy) is 2. The van der Waals surface area contributed by atoms with Crippen molar-refractivity contribution < 1.29 is 14.3 Å². The van der Waals surface area contributed by atoms with Crippen LogP contribution < -0.4 is 14.8 Å². The Morgan fingerprint density at radius 3 is 2.28 bits per heavy atom. The molecule has 0 aliphatic carbocycles. The Bertz CT molecular complexity index is 430. The molecule has 0 saturated heterocycles. The summed E-state index contributed by atoms with van der Waals surface area (Å²) in [5.41, 5.74) is 1.86. The lowest BCUT2D eigenvalue weighted by Crippen LogP contribution is -2.28. The first-order valence-electron chi connectivity index (χ1n) is 5.66. The summed E-state index contributed by atoms with van der Waals surface area (Å²) in [5.74, 6) is 1.34. The van der Waals surface area contributed by atoms with Crippen LogP contribution >= 0.6 is 0 Å². The summed E-state index contributed by atoms with van der Waals surface area (Å²) in [6, 6.07) is 3.71. The van der Waals surface area contributed by atoms with Crippen LogP contribution in [-0.4, -0.2) is 45.7 Å². The molecule has 1 amide bonds. The molecule has 100 valence electrons. The largest absolute Gasteiger partial charge is 0.493 e. The van der Waals surface area contributed by atoms with Gasteiger partial charge in [0, 0.05) is 25.8 Å². The van der Waals surface area contributed by atoms with Crippen molar-refractivity contribution in [3.05, 3.63) is 17.7 Å². The molecule has 0 aromatic heterocycles. The maximum atomic E-state index is 11.5. The Morgan fingerprint density at radius 2 is 1.78 bits per heavy atom. The second-order valence-corrected chi connectivity index (χ2v) is 4.16. The van der Waals surface area contributed by atoms with Crippen LogP contribution in [0.4, 0.5) is 5.69 Å². The van der Waals surface area contributed by atoms with Crippen molar-refractivity contribution in [2.45, 2.75) is 6.92 Å². The molecule has 5 nitrogen and oxygen atoms in total. The van der Waals surface area contributed by atoms with Gasteiger partial charge in [-0.15, -0.1) is 0 Å². The van der Waals surface area contributed by atoms with E-state index in [1.807, 2.05) is 19.1 Å². The molecule has 0 atom stereocenters. The SMILES string of the molecule is COc1cc(C)c(NCC(=O)N(C)C)cc1OC. The first-order valence-corrected chi connectivity index (χ1v) is 5.66. The minimum Gasteiger partial charge on any atom is -0.493 e. The van der Waals surface area contributed by atoms with Gasteiger partial charge in [0.15, 0.2) is 11.5 Å². The highest BCUT2D eigenvalue weighted by molar-refractivity contribution is 5.80. The quantitative estimate of drug-likeness (QED) is 0.863. The van der Waals surface area contributed by atoms with Gasteiger partial charge in [-0.3, -0.25) is 4.79 Å². The summed E-state index contributed by atoms with van der Waals surface area (Å²) in [5, 5.41) is 3.09. The zero-order chi connectivity index (χ0) is 13.7. The van der Waals surface area contributed by atoms with E-state index >= 15 is 0 Å². The molecule has 0 saturated carbocycles. The number of hydrogen-bond acceptors (Lipinski definition) is 4. The number of methoxy groups -OCH3 is 2. The van der Waals surface area contributed by atoms with Gasteiger partial charge >= 0.3 is 0 Å². The Hall–Kier alpha value is -1.91. The lowest BCUT2D eigenvalue weighted by molar-refractivity contribution is -0.126. The average molecular weight is 252 g/mol.